The Kier molecular flexibility index (Phi) is 10.7. The highest BCUT2D eigenvalue weighted by atomic mass is 35.5. The van der Waals surface area contributed by atoms with Gasteiger partial charge in [0.2, 0.25) is 0 Å². The van der Waals surface area contributed by atoms with Gasteiger partial charge in [-0.15, -0.1) is 0 Å². The zero-order valence-electron chi connectivity index (χ0n) is 19.2. The maximum atomic E-state index is 5.51. The molecule has 0 spiro atoms. The van der Waals surface area contributed by atoms with Gasteiger partial charge in [0, 0.05) is 12.1 Å². The quantitative estimate of drug-likeness (QED) is 0.370. The van der Waals surface area contributed by atoms with Crippen LogP contribution in [0.2, 0.25) is 0 Å². The summed E-state index contributed by atoms with van der Waals surface area (Å²) >= 11 is 0. The van der Waals surface area contributed by atoms with Crippen LogP contribution >= 0.6 is 0 Å². The standard InChI is InChI=1S/C26H36N2O2.ClH/c1-4-5-6-7-8-9-10-11-14-19-28-23-16-13-12-15-22(23)27-26(28)21-17-18-24(29-2)25(20-21)30-3;/h12-13,15-18,20H,4-11,14,19H2,1-3H3;1H/p-1. The van der Waals surface area contributed by atoms with Crippen molar-refractivity contribution in [3.05, 3.63) is 42.5 Å². The summed E-state index contributed by atoms with van der Waals surface area (Å²) in [6.45, 7) is 3.26. The van der Waals surface area contributed by atoms with E-state index in [2.05, 4.69) is 41.8 Å². The SMILES string of the molecule is CCCCCCCCCCCn1c(-c2ccc(OC)c(OC)c2)nc2ccccc21.[Cl-]. The average Bonchev–Trinajstić information content (AvgIpc) is 3.16. The first kappa shape index (κ1) is 25.1. The Hall–Kier alpha value is -2.20. The zero-order chi connectivity index (χ0) is 21.2. The zero-order valence-corrected chi connectivity index (χ0v) is 20.0. The smallest absolute Gasteiger partial charge is 0.161 e. The number of hydrogen-bond acceptors (Lipinski definition) is 3. The van der Waals surface area contributed by atoms with Gasteiger partial charge in [0.1, 0.15) is 5.82 Å². The van der Waals surface area contributed by atoms with Crippen LogP contribution in [0.3, 0.4) is 0 Å². The first-order chi connectivity index (χ1) is 14.8. The molecule has 1 aromatic heterocycles. The number of halogens is 1. The predicted molar refractivity (Wildman–Crippen MR) is 126 cm³/mol. The second-order valence-corrected chi connectivity index (χ2v) is 7.97. The number of imidazole rings is 1. The van der Waals surface area contributed by atoms with Gasteiger partial charge in [-0.25, -0.2) is 4.98 Å². The number of aryl methyl sites for hydroxylation is 1. The highest BCUT2D eigenvalue weighted by molar-refractivity contribution is 5.81. The number of fused-ring (bicyclic) bond motifs is 1. The van der Waals surface area contributed by atoms with Crippen molar-refractivity contribution in [3.63, 3.8) is 0 Å². The first-order valence-electron chi connectivity index (χ1n) is 11.5. The molecule has 2 aromatic carbocycles. The molecular formula is C26H36ClN2O2-. The fraction of sp³-hybridized carbons (Fsp3) is 0.500. The van der Waals surface area contributed by atoms with Crippen LogP contribution < -0.4 is 21.9 Å². The van der Waals surface area contributed by atoms with E-state index in [4.69, 9.17) is 14.5 Å². The van der Waals surface area contributed by atoms with Crippen LogP contribution in [0.1, 0.15) is 64.7 Å². The summed E-state index contributed by atoms with van der Waals surface area (Å²) in [4.78, 5) is 4.94. The summed E-state index contributed by atoms with van der Waals surface area (Å²) in [5.74, 6) is 2.47. The molecule has 0 aliphatic carbocycles. The van der Waals surface area contributed by atoms with Crippen molar-refractivity contribution < 1.29 is 21.9 Å². The topological polar surface area (TPSA) is 36.3 Å². The van der Waals surface area contributed by atoms with Gasteiger partial charge in [-0.05, 0) is 36.8 Å². The molecule has 0 N–H and O–H groups in total. The van der Waals surface area contributed by atoms with Crippen molar-refractivity contribution in [2.75, 3.05) is 14.2 Å². The van der Waals surface area contributed by atoms with Crippen molar-refractivity contribution in [2.45, 2.75) is 71.3 Å². The van der Waals surface area contributed by atoms with Crippen molar-refractivity contribution in [1.29, 1.82) is 0 Å². The molecule has 31 heavy (non-hydrogen) atoms. The van der Waals surface area contributed by atoms with E-state index < -0.39 is 0 Å². The Morgan fingerprint density at radius 2 is 1.42 bits per heavy atom. The molecule has 3 rings (SSSR count). The molecule has 0 bridgehead atoms. The van der Waals surface area contributed by atoms with E-state index in [0.717, 1.165) is 34.9 Å². The summed E-state index contributed by atoms with van der Waals surface area (Å²) in [7, 11) is 3.34. The van der Waals surface area contributed by atoms with Crippen LogP contribution in [-0.4, -0.2) is 23.8 Å². The highest BCUT2D eigenvalue weighted by Gasteiger charge is 2.14. The maximum absolute atomic E-state index is 5.51. The molecule has 170 valence electrons. The monoisotopic (exact) mass is 443 g/mol. The van der Waals surface area contributed by atoms with E-state index >= 15 is 0 Å². The summed E-state index contributed by atoms with van der Waals surface area (Å²) in [6, 6.07) is 14.4. The summed E-state index contributed by atoms with van der Waals surface area (Å²) in [5.41, 5.74) is 3.29. The number of nitrogens with zero attached hydrogens (tertiary/aromatic N) is 2. The third-order valence-electron chi connectivity index (χ3n) is 5.78. The van der Waals surface area contributed by atoms with E-state index in [1.54, 1.807) is 14.2 Å². The van der Waals surface area contributed by atoms with E-state index in [9.17, 15) is 0 Å². The van der Waals surface area contributed by atoms with Gasteiger partial charge in [-0.1, -0.05) is 70.4 Å². The molecule has 4 nitrogen and oxygen atoms in total. The first-order valence-corrected chi connectivity index (χ1v) is 11.5. The van der Waals surface area contributed by atoms with Gasteiger partial charge >= 0.3 is 0 Å². The van der Waals surface area contributed by atoms with Gasteiger partial charge in [0.25, 0.3) is 0 Å². The molecule has 0 atom stereocenters. The lowest BCUT2D eigenvalue weighted by Crippen LogP contribution is -3.00. The van der Waals surface area contributed by atoms with E-state index in [-0.39, 0.29) is 12.4 Å². The molecular weight excluding hydrogens is 408 g/mol. The second-order valence-electron chi connectivity index (χ2n) is 7.97. The molecule has 0 aliphatic rings. The molecule has 0 aliphatic heterocycles. The van der Waals surface area contributed by atoms with E-state index in [1.807, 2.05) is 12.1 Å². The normalized spacial score (nSPS) is 10.8. The lowest BCUT2D eigenvalue weighted by atomic mass is 10.1. The highest BCUT2D eigenvalue weighted by Crippen LogP contribution is 2.33. The molecule has 0 saturated heterocycles. The van der Waals surface area contributed by atoms with Crippen LogP contribution in [0.4, 0.5) is 0 Å². The number of unbranched alkanes of at least 4 members (excludes halogenated alkanes) is 8. The number of ether oxygens (including phenoxy) is 2. The Morgan fingerprint density at radius 1 is 0.774 bits per heavy atom. The molecule has 0 amide bonds. The third-order valence-corrected chi connectivity index (χ3v) is 5.78. The lowest BCUT2D eigenvalue weighted by Gasteiger charge is -2.12. The van der Waals surface area contributed by atoms with E-state index in [0.29, 0.717) is 0 Å². The molecule has 3 aromatic rings. The number of hydrogen-bond donors (Lipinski definition) is 0. The Labute approximate surface area is 193 Å². The fourth-order valence-electron chi connectivity index (χ4n) is 4.08. The minimum atomic E-state index is 0. The molecule has 0 unspecified atom stereocenters. The van der Waals surface area contributed by atoms with Crippen LogP contribution in [0.5, 0.6) is 11.5 Å². The molecule has 0 saturated carbocycles. The number of para-hydroxylation sites is 2. The molecule has 0 fully saturated rings. The summed E-state index contributed by atoms with van der Waals surface area (Å²) in [5, 5.41) is 0. The largest absolute Gasteiger partial charge is 1.00 e. The van der Waals surface area contributed by atoms with Gasteiger partial charge < -0.3 is 26.4 Å². The maximum Gasteiger partial charge on any atom is 0.161 e. The summed E-state index contributed by atoms with van der Waals surface area (Å²) < 4.78 is 13.3. The summed E-state index contributed by atoms with van der Waals surface area (Å²) in [6.07, 6.45) is 12.0. The number of methoxy groups -OCH3 is 2. The predicted octanol–water partition coefficient (Wildman–Crippen LogP) is 4.26. The van der Waals surface area contributed by atoms with Crippen molar-refractivity contribution in [2.24, 2.45) is 0 Å². The van der Waals surface area contributed by atoms with Crippen LogP contribution in [0.15, 0.2) is 42.5 Å². The number of benzene rings is 2. The van der Waals surface area contributed by atoms with E-state index in [1.165, 1.54) is 63.3 Å². The Bertz CT molecular complexity index is 923. The van der Waals surface area contributed by atoms with Gasteiger partial charge in [0.15, 0.2) is 11.5 Å². The number of aromatic nitrogens is 2. The second kappa shape index (κ2) is 13.3. The lowest BCUT2D eigenvalue weighted by molar-refractivity contribution is -0.00000684. The van der Waals surface area contributed by atoms with Gasteiger partial charge in [0.05, 0.1) is 25.3 Å². The third kappa shape index (κ3) is 6.64. The van der Waals surface area contributed by atoms with Gasteiger partial charge in [-0.2, -0.15) is 0 Å². The van der Waals surface area contributed by atoms with Crippen LogP contribution in [-0.2, 0) is 6.54 Å². The fourth-order valence-corrected chi connectivity index (χ4v) is 4.08. The van der Waals surface area contributed by atoms with Crippen LogP contribution in [0.25, 0.3) is 22.4 Å². The molecule has 1 heterocycles. The van der Waals surface area contributed by atoms with Crippen molar-refractivity contribution in [3.8, 4) is 22.9 Å². The average molecular weight is 444 g/mol. The van der Waals surface area contributed by atoms with Crippen molar-refractivity contribution in [1.82, 2.24) is 9.55 Å². The Balaban J connectivity index is 0.00000341. The Morgan fingerprint density at radius 3 is 2.10 bits per heavy atom. The van der Waals surface area contributed by atoms with Crippen molar-refractivity contribution >= 4 is 11.0 Å². The minimum Gasteiger partial charge on any atom is -1.00 e. The molecule has 0 radical (unpaired) electrons. The minimum absolute atomic E-state index is 0. The molecule has 5 heteroatoms. The van der Waals surface area contributed by atoms with Crippen LogP contribution in [0, 0.1) is 0 Å². The van der Waals surface area contributed by atoms with Gasteiger partial charge in [-0.3, -0.25) is 0 Å². The number of rotatable bonds is 13.